The van der Waals surface area contributed by atoms with Crippen molar-refractivity contribution >= 4 is 22.6 Å². The molecule has 98 valence electrons. The van der Waals surface area contributed by atoms with Crippen LogP contribution < -0.4 is 0 Å². The van der Waals surface area contributed by atoms with Crippen molar-refractivity contribution in [2.45, 2.75) is 48.1 Å². The highest BCUT2D eigenvalue weighted by Gasteiger charge is 2.73. The predicted octanol–water partition coefficient (Wildman–Crippen LogP) is 4.81. The molecule has 0 heterocycles. The fourth-order valence-electron chi connectivity index (χ4n) is 0.950. The molecule has 1 unspecified atom stereocenters. The van der Waals surface area contributed by atoms with E-state index in [4.69, 9.17) is 0 Å². The van der Waals surface area contributed by atoms with Gasteiger partial charge in [-0.2, -0.15) is 26.3 Å². The molecule has 0 aromatic heterocycles. The summed E-state index contributed by atoms with van der Waals surface area (Å²) in [6, 6.07) is 0. The monoisotopic (exact) mass is 366 g/mol. The predicted molar refractivity (Wildman–Crippen MR) is 53.3 cm³/mol. The molecule has 0 aliphatic carbocycles. The quantitative estimate of drug-likeness (QED) is 0.360. The highest BCUT2D eigenvalue weighted by Crippen LogP contribution is 2.51. The van der Waals surface area contributed by atoms with Crippen LogP contribution in [0.5, 0.6) is 0 Å². The van der Waals surface area contributed by atoms with E-state index in [1.54, 1.807) is 0 Å². The highest BCUT2D eigenvalue weighted by molar-refractivity contribution is 14.1. The molecule has 0 rings (SSSR count). The summed E-state index contributed by atoms with van der Waals surface area (Å²) in [7, 11) is 0. The van der Waals surface area contributed by atoms with Crippen molar-refractivity contribution in [3.63, 3.8) is 0 Å². The topological polar surface area (TPSA) is 0 Å². The van der Waals surface area contributed by atoms with Gasteiger partial charge >= 0.3 is 15.8 Å². The molecule has 0 saturated heterocycles. The minimum Gasteiger partial charge on any atom is -0.241 e. The van der Waals surface area contributed by atoms with Crippen LogP contribution in [-0.2, 0) is 0 Å². The summed E-state index contributed by atoms with van der Waals surface area (Å²) in [5.74, 6) is -11.1. The van der Waals surface area contributed by atoms with E-state index >= 15 is 0 Å². The van der Waals surface area contributed by atoms with Crippen LogP contribution >= 0.6 is 22.6 Å². The van der Waals surface area contributed by atoms with Crippen LogP contribution in [0.3, 0.4) is 0 Å². The minimum absolute atomic E-state index is 0.0698. The molecule has 0 radical (unpaired) electrons. The van der Waals surface area contributed by atoms with E-state index in [0.717, 1.165) is 0 Å². The van der Waals surface area contributed by atoms with E-state index in [-0.39, 0.29) is 29.0 Å². The fourth-order valence-corrected chi connectivity index (χ4v) is 1.31. The number of hydrogen-bond donors (Lipinski definition) is 0. The number of unbranched alkanes of at least 4 members (excludes halogenated alkanes) is 1. The Morgan fingerprint density at radius 1 is 1.06 bits per heavy atom. The van der Waals surface area contributed by atoms with Gasteiger partial charge in [-0.3, -0.25) is 0 Å². The number of alkyl halides is 8. The second-order valence-corrected chi connectivity index (χ2v) is 4.66. The van der Waals surface area contributed by atoms with Gasteiger partial charge in [0, 0.05) is 22.6 Å². The maximum absolute atomic E-state index is 12.8. The van der Waals surface area contributed by atoms with E-state index in [9.17, 15) is 30.7 Å². The Hall–Kier alpha value is 0.240. The zero-order chi connectivity index (χ0) is 13.2. The summed E-state index contributed by atoms with van der Waals surface area (Å²) in [4.78, 5) is 0. The Morgan fingerprint density at radius 3 is 1.81 bits per heavy atom. The standard InChI is InChI=1S/C8H10F7I/c1-2-3-4-5(9)6(10,11)7(12,13)8(14,15)16/h5H,2-4H2,1H3. The van der Waals surface area contributed by atoms with Gasteiger partial charge in [0.2, 0.25) is 0 Å². The summed E-state index contributed by atoms with van der Waals surface area (Å²) < 4.78 is 83.3. The van der Waals surface area contributed by atoms with E-state index in [1.165, 1.54) is 6.92 Å². The van der Waals surface area contributed by atoms with Gasteiger partial charge in [0.05, 0.1) is 0 Å². The first-order valence-corrected chi connectivity index (χ1v) is 5.52. The van der Waals surface area contributed by atoms with Gasteiger partial charge in [0.25, 0.3) is 0 Å². The van der Waals surface area contributed by atoms with Gasteiger partial charge in [-0.1, -0.05) is 19.8 Å². The molecule has 0 aliphatic rings. The minimum atomic E-state index is -5.70. The van der Waals surface area contributed by atoms with E-state index in [1.807, 2.05) is 0 Å². The second kappa shape index (κ2) is 5.26. The number of halogens is 8. The lowest BCUT2D eigenvalue weighted by molar-refractivity contribution is -0.291. The molecule has 1 atom stereocenters. The summed E-state index contributed by atoms with van der Waals surface area (Å²) in [6.45, 7) is 1.54. The summed E-state index contributed by atoms with van der Waals surface area (Å²) in [6.07, 6.45) is -3.91. The largest absolute Gasteiger partial charge is 0.384 e. The van der Waals surface area contributed by atoms with Gasteiger partial charge < -0.3 is 0 Å². The maximum atomic E-state index is 12.8. The van der Waals surface area contributed by atoms with E-state index in [2.05, 4.69) is 0 Å². The maximum Gasteiger partial charge on any atom is 0.384 e. The zero-order valence-corrected chi connectivity index (χ0v) is 10.4. The molecule has 0 bridgehead atoms. The molecule has 0 N–H and O–H groups in total. The normalized spacial score (nSPS) is 16.3. The fraction of sp³-hybridized carbons (Fsp3) is 1.00. The lowest BCUT2D eigenvalue weighted by Gasteiger charge is -2.31. The van der Waals surface area contributed by atoms with Crippen LogP contribution in [0, 0.1) is 0 Å². The SMILES string of the molecule is CCCCC(F)C(F)(F)C(F)(F)C(F)(F)I. The molecule has 0 amide bonds. The molecular weight excluding hydrogens is 356 g/mol. The number of rotatable bonds is 6. The van der Waals surface area contributed by atoms with Crippen LogP contribution in [-0.4, -0.2) is 21.9 Å². The van der Waals surface area contributed by atoms with Crippen LogP contribution in [0.1, 0.15) is 26.2 Å². The molecule has 0 aromatic rings. The zero-order valence-electron chi connectivity index (χ0n) is 8.22. The Morgan fingerprint density at radius 2 is 1.50 bits per heavy atom. The van der Waals surface area contributed by atoms with E-state index < -0.39 is 28.4 Å². The third-order valence-corrected chi connectivity index (χ3v) is 2.66. The Balaban J connectivity index is 4.89. The molecule has 8 heteroatoms. The highest BCUT2D eigenvalue weighted by atomic mass is 127. The van der Waals surface area contributed by atoms with Crippen molar-refractivity contribution in [1.29, 1.82) is 0 Å². The molecule has 0 aromatic carbocycles. The van der Waals surface area contributed by atoms with Crippen LogP contribution in [0.25, 0.3) is 0 Å². The summed E-state index contributed by atoms with van der Waals surface area (Å²) in [5.41, 5.74) is 0. The first-order valence-electron chi connectivity index (χ1n) is 4.45. The Bertz CT molecular complexity index is 223. The van der Waals surface area contributed by atoms with Crippen molar-refractivity contribution in [3.05, 3.63) is 0 Å². The molecule has 16 heavy (non-hydrogen) atoms. The van der Waals surface area contributed by atoms with Crippen molar-refractivity contribution in [2.75, 3.05) is 0 Å². The third kappa shape index (κ3) is 3.13. The lowest BCUT2D eigenvalue weighted by Crippen LogP contribution is -2.55. The van der Waals surface area contributed by atoms with E-state index in [0.29, 0.717) is 6.42 Å². The van der Waals surface area contributed by atoms with Crippen molar-refractivity contribution < 1.29 is 30.7 Å². The second-order valence-electron chi connectivity index (χ2n) is 3.30. The van der Waals surface area contributed by atoms with Gasteiger partial charge in [-0.25, -0.2) is 4.39 Å². The Labute approximate surface area is 102 Å². The lowest BCUT2D eigenvalue weighted by atomic mass is 10.0. The van der Waals surface area contributed by atoms with Crippen molar-refractivity contribution in [2.24, 2.45) is 0 Å². The third-order valence-electron chi connectivity index (χ3n) is 1.98. The van der Waals surface area contributed by atoms with Crippen molar-refractivity contribution in [1.82, 2.24) is 0 Å². The van der Waals surface area contributed by atoms with Crippen molar-refractivity contribution in [3.8, 4) is 0 Å². The van der Waals surface area contributed by atoms with Crippen LogP contribution in [0.15, 0.2) is 0 Å². The first kappa shape index (κ1) is 16.2. The van der Waals surface area contributed by atoms with Gasteiger partial charge in [-0.15, -0.1) is 0 Å². The molecule has 0 aliphatic heterocycles. The Kier molecular flexibility index (Phi) is 5.34. The molecule has 0 nitrogen and oxygen atoms in total. The van der Waals surface area contributed by atoms with Gasteiger partial charge in [0.15, 0.2) is 6.17 Å². The number of hydrogen-bond acceptors (Lipinski definition) is 0. The molecular formula is C8H10F7I. The average molecular weight is 366 g/mol. The summed E-state index contributed by atoms with van der Waals surface area (Å²) >= 11 is -0.114. The van der Waals surface area contributed by atoms with Gasteiger partial charge in [-0.05, 0) is 6.42 Å². The average Bonchev–Trinajstić information content (AvgIpc) is 2.11. The van der Waals surface area contributed by atoms with Crippen LogP contribution in [0.2, 0.25) is 0 Å². The van der Waals surface area contributed by atoms with Gasteiger partial charge in [0.1, 0.15) is 0 Å². The molecule has 0 spiro atoms. The van der Waals surface area contributed by atoms with Crippen LogP contribution in [0.4, 0.5) is 30.7 Å². The smallest absolute Gasteiger partial charge is 0.241 e. The summed E-state index contributed by atoms with van der Waals surface area (Å²) in [5, 5.41) is 0. The molecule has 0 saturated carbocycles. The molecule has 0 fully saturated rings. The first-order chi connectivity index (χ1) is 6.98.